The normalized spacial score (nSPS) is 29.2. The number of carbonyl (C=O) groups is 2. The monoisotopic (exact) mass is 414 g/mol. The molecule has 0 radical (unpaired) electrons. The molecule has 156 valence electrons. The van der Waals surface area contributed by atoms with Gasteiger partial charge in [0.1, 0.15) is 6.10 Å². The Hall–Kier alpha value is -0.413. The Morgan fingerprint density at radius 3 is 1.96 bits per heavy atom. The van der Waals surface area contributed by atoms with Gasteiger partial charge < -0.3 is 9.26 Å². The number of unbranched alkanes of at least 4 members (excludes halogenated alkanes) is 2. The third-order valence-corrected chi connectivity index (χ3v) is 11.7. The van der Waals surface area contributed by atoms with Crippen LogP contribution in [0.15, 0.2) is 0 Å². The predicted molar refractivity (Wildman–Crippen MR) is 115 cm³/mol. The number of hydrogen-bond donors (Lipinski definition) is 0. The van der Waals surface area contributed by atoms with Gasteiger partial charge in [-0.25, -0.2) is 0 Å². The molecule has 0 aliphatic heterocycles. The van der Waals surface area contributed by atoms with Crippen molar-refractivity contribution in [3.8, 4) is 0 Å². The number of ether oxygens (including phenoxy) is 1. The van der Waals surface area contributed by atoms with Crippen molar-refractivity contribution in [3.63, 3.8) is 0 Å². The van der Waals surface area contributed by atoms with Crippen molar-refractivity contribution in [2.75, 3.05) is 0 Å². The van der Waals surface area contributed by atoms with Crippen LogP contribution in [0, 0.1) is 11.8 Å². The molecule has 0 saturated heterocycles. The largest absolute Gasteiger partial charge is 0.462 e. The van der Waals surface area contributed by atoms with E-state index in [1.165, 1.54) is 38.1 Å². The van der Waals surface area contributed by atoms with Crippen molar-refractivity contribution in [2.45, 2.75) is 108 Å². The molecule has 0 N–H and O–H groups in total. The van der Waals surface area contributed by atoms with Crippen LogP contribution in [-0.2, 0) is 18.8 Å². The van der Waals surface area contributed by atoms with Crippen LogP contribution in [0.1, 0.15) is 77.6 Å². The zero-order valence-corrected chi connectivity index (χ0v) is 19.7. The number of hydrogen-bond acceptors (Lipinski definition) is 4. The molecule has 4 nitrogen and oxygen atoms in total. The second-order valence-corrected chi connectivity index (χ2v) is 14.9. The first kappa shape index (κ1) is 22.9. The van der Waals surface area contributed by atoms with Gasteiger partial charge in [-0.2, -0.15) is 0 Å². The first-order valence-electron chi connectivity index (χ1n) is 11.0. The molecule has 0 aromatic heterocycles. The fraction of sp³-hybridized carbons (Fsp3) is 0.905. The quantitative estimate of drug-likeness (QED) is 0.215. The highest BCUT2D eigenvalue weighted by molar-refractivity contribution is 7.10. The molecule has 0 heterocycles. The van der Waals surface area contributed by atoms with E-state index in [2.05, 4.69) is 20.0 Å². The van der Waals surface area contributed by atoms with E-state index >= 15 is 0 Å². The van der Waals surface area contributed by atoms with Gasteiger partial charge >= 0.3 is 11.9 Å². The van der Waals surface area contributed by atoms with E-state index < -0.39 is 8.07 Å². The molecule has 6 heteroatoms. The predicted octanol–water partition coefficient (Wildman–Crippen LogP) is 5.88. The van der Waals surface area contributed by atoms with Gasteiger partial charge in [-0.1, -0.05) is 45.3 Å². The van der Waals surface area contributed by atoms with Gasteiger partial charge in [-0.05, 0) is 56.9 Å². The minimum absolute atomic E-state index is 0.0313. The molecule has 2 aliphatic rings. The Bertz CT molecular complexity index is 481. The van der Waals surface area contributed by atoms with E-state index in [0.717, 1.165) is 44.1 Å². The molecule has 27 heavy (non-hydrogen) atoms. The van der Waals surface area contributed by atoms with Crippen molar-refractivity contribution in [2.24, 2.45) is 11.8 Å². The van der Waals surface area contributed by atoms with Gasteiger partial charge in [0.2, 0.25) is 0 Å². The first-order chi connectivity index (χ1) is 12.9. The third kappa shape index (κ3) is 6.85. The highest BCUT2D eigenvalue weighted by Gasteiger charge is 2.37. The average molecular weight is 415 g/mol. The van der Waals surface area contributed by atoms with Crippen molar-refractivity contribution < 1.29 is 18.8 Å². The standard InChI is InChI=1S/C21H39O4PSi/c1-4-5-6-15-27(2,3)19-13-11-18(12-14-19)24-20(22)16-7-9-17(10-8-16)21(23)25-26/h16-19H,4-15,26H2,1-3H3. The molecule has 2 saturated carbocycles. The van der Waals surface area contributed by atoms with Gasteiger partial charge in [0.05, 0.1) is 29.4 Å². The molecule has 0 aromatic carbocycles. The minimum atomic E-state index is -1.15. The molecular formula is C21H39O4PSi. The second kappa shape index (κ2) is 10.9. The summed E-state index contributed by atoms with van der Waals surface area (Å²) in [7, 11) is 0.875. The Kier molecular flexibility index (Phi) is 9.27. The molecule has 0 aromatic rings. The van der Waals surface area contributed by atoms with Crippen LogP contribution >= 0.6 is 9.47 Å². The lowest BCUT2D eigenvalue weighted by Gasteiger charge is -2.38. The zero-order valence-electron chi connectivity index (χ0n) is 17.5. The Morgan fingerprint density at radius 1 is 0.889 bits per heavy atom. The van der Waals surface area contributed by atoms with Crippen molar-refractivity contribution in [1.29, 1.82) is 0 Å². The molecule has 0 amide bonds. The highest BCUT2D eigenvalue weighted by atomic mass is 31.0. The third-order valence-electron chi connectivity index (χ3n) is 7.00. The lowest BCUT2D eigenvalue weighted by Crippen LogP contribution is -2.37. The summed E-state index contributed by atoms with van der Waals surface area (Å²) in [5.74, 6) is -0.288. The number of esters is 1. The van der Waals surface area contributed by atoms with Gasteiger partial charge in [0.15, 0.2) is 0 Å². The summed E-state index contributed by atoms with van der Waals surface area (Å²) in [6, 6.07) is 1.44. The van der Waals surface area contributed by atoms with Crippen LogP contribution in [0.2, 0.25) is 24.7 Å². The molecule has 0 bridgehead atoms. The summed E-state index contributed by atoms with van der Waals surface area (Å²) >= 11 is 0. The maximum atomic E-state index is 12.5. The summed E-state index contributed by atoms with van der Waals surface area (Å²) in [6.07, 6.45) is 11.7. The zero-order chi connectivity index (χ0) is 19.9. The molecule has 2 aliphatic carbocycles. The van der Waals surface area contributed by atoms with E-state index in [-0.39, 0.29) is 29.9 Å². The summed E-state index contributed by atoms with van der Waals surface area (Å²) in [5.41, 5.74) is 0.887. The van der Waals surface area contributed by atoms with Crippen LogP contribution in [0.5, 0.6) is 0 Å². The second-order valence-electron chi connectivity index (χ2n) is 9.34. The van der Waals surface area contributed by atoms with Crippen molar-refractivity contribution in [3.05, 3.63) is 0 Å². The first-order valence-corrected chi connectivity index (χ1v) is 14.7. The Balaban J connectivity index is 1.71. The molecule has 1 unspecified atom stereocenters. The van der Waals surface area contributed by atoms with Crippen LogP contribution in [0.3, 0.4) is 0 Å². The smallest absolute Gasteiger partial charge is 0.311 e. The minimum Gasteiger partial charge on any atom is -0.462 e. The number of carbonyl (C=O) groups excluding carboxylic acids is 2. The highest BCUT2D eigenvalue weighted by Crippen LogP contribution is 2.41. The summed E-state index contributed by atoms with van der Waals surface area (Å²) in [4.78, 5) is 24.1. The fourth-order valence-electron chi connectivity index (χ4n) is 4.92. The van der Waals surface area contributed by atoms with E-state index in [4.69, 9.17) is 9.26 Å². The average Bonchev–Trinajstić information content (AvgIpc) is 2.68. The van der Waals surface area contributed by atoms with Gasteiger partial charge in [-0.15, -0.1) is 0 Å². The summed E-state index contributed by atoms with van der Waals surface area (Å²) in [6.45, 7) is 7.38. The van der Waals surface area contributed by atoms with Crippen LogP contribution in [0.4, 0.5) is 0 Å². The van der Waals surface area contributed by atoms with E-state index in [9.17, 15) is 9.59 Å². The summed E-state index contributed by atoms with van der Waals surface area (Å²) < 4.78 is 10.6. The van der Waals surface area contributed by atoms with E-state index in [0.29, 0.717) is 0 Å². The summed E-state index contributed by atoms with van der Waals surface area (Å²) in [5, 5.41) is 0. The van der Waals surface area contributed by atoms with Crippen molar-refractivity contribution >= 4 is 29.5 Å². The van der Waals surface area contributed by atoms with E-state index in [1.54, 1.807) is 0 Å². The molecular weight excluding hydrogens is 375 g/mol. The van der Waals surface area contributed by atoms with Crippen LogP contribution in [0.25, 0.3) is 0 Å². The molecule has 2 fully saturated rings. The maximum absolute atomic E-state index is 12.5. The SMILES string of the molecule is CCCCC[Si](C)(C)C1CCC(OC(=O)C2CCC(C(=O)OP)CC2)CC1. The lowest BCUT2D eigenvalue weighted by molar-refractivity contribution is -0.158. The van der Waals surface area contributed by atoms with Gasteiger partial charge in [-0.3, -0.25) is 9.59 Å². The molecule has 0 spiro atoms. The van der Waals surface area contributed by atoms with Gasteiger partial charge in [0.25, 0.3) is 0 Å². The van der Waals surface area contributed by atoms with Crippen molar-refractivity contribution in [1.82, 2.24) is 0 Å². The van der Waals surface area contributed by atoms with E-state index in [1.807, 2.05) is 9.47 Å². The van der Waals surface area contributed by atoms with Crippen LogP contribution in [-0.4, -0.2) is 26.1 Å². The number of rotatable bonds is 8. The topological polar surface area (TPSA) is 52.6 Å². The van der Waals surface area contributed by atoms with Gasteiger partial charge in [0, 0.05) is 0 Å². The molecule has 1 atom stereocenters. The fourth-order valence-corrected chi connectivity index (χ4v) is 8.58. The maximum Gasteiger partial charge on any atom is 0.311 e. The lowest BCUT2D eigenvalue weighted by atomic mass is 9.82. The van der Waals surface area contributed by atoms with Crippen LogP contribution < -0.4 is 0 Å². The Morgan fingerprint density at radius 2 is 1.44 bits per heavy atom. The Labute approximate surface area is 168 Å². The molecule has 2 rings (SSSR count).